The summed E-state index contributed by atoms with van der Waals surface area (Å²) in [6.45, 7) is 0. The van der Waals surface area contributed by atoms with Crippen molar-refractivity contribution in [3.05, 3.63) is 243 Å². The number of fused-ring (bicyclic) bond motifs is 8. The van der Waals surface area contributed by atoms with Gasteiger partial charge in [0.15, 0.2) is 0 Å². The Morgan fingerprint density at radius 2 is 0.877 bits per heavy atom. The highest BCUT2D eigenvalue weighted by Gasteiger charge is 2.26. The summed E-state index contributed by atoms with van der Waals surface area (Å²) in [7, 11) is 0. The van der Waals surface area contributed by atoms with Gasteiger partial charge in [-0.1, -0.05) is 188 Å². The third-order valence-electron chi connectivity index (χ3n) is 13.2. The van der Waals surface area contributed by atoms with Crippen molar-refractivity contribution >= 4 is 82.4 Å². The van der Waals surface area contributed by atoms with Gasteiger partial charge in [-0.2, -0.15) is 0 Å². The topological polar surface area (TPSA) is 21.3 Å². The highest BCUT2D eigenvalue weighted by molar-refractivity contribution is 6.21. The average Bonchev–Trinajstić information content (AvgIpc) is 3.94. The number of benzene rings is 11. The fourth-order valence-corrected chi connectivity index (χ4v) is 10.2. The first-order chi connectivity index (χ1) is 32.3. The summed E-state index contributed by atoms with van der Waals surface area (Å²) >= 11 is 0. The number of furan rings is 1. The largest absolute Gasteiger partial charge is 0.455 e. The summed E-state index contributed by atoms with van der Waals surface area (Å²) in [5, 5.41) is 9.45. The Kier molecular flexibility index (Phi) is 8.53. The van der Waals surface area contributed by atoms with Crippen molar-refractivity contribution in [2.75, 3.05) is 4.90 Å². The van der Waals surface area contributed by atoms with Gasteiger partial charge in [0, 0.05) is 32.8 Å². The number of aromatic nitrogens is 1. The van der Waals surface area contributed by atoms with Gasteiger partial charge in [-0.25, -0.2) is 0 Å². The van der Waals surface area contributed by atoms with Crippen molar-refractivity contribution in [2.45, 2.75) is 0 Å². The summed E-state index contributed by atoms with van der Waals surface area (Å²) in [6.07, 6.45) is 0. The molecule has 304 valence electrons. The van der Waals surface area contributed by atoms with E-state index in [1.165, 1.54) is 49.0 Å². The van der Waals surface area contributed by atoms with Gasteiger partial charge in [0.05, 0.1) is 33.5 Å². The molecule has 0 bridgehead atoms. The summed E-state index contributed by atoms with van der Waals surface area (Å²) in [5.41, 5.74) is 15.3. The Labute approximate surface area is 376 Å². The van der Waals surface area contributed by atoms with Crippen LogP contribution < -0.4 is 4.90 Å². The smallest absolute Gasteiger partial charge is 0.145 e. The lowest BCUT2D eigenvalue weighted by molar-refractivity contribution is 0.670. The molecule has 0 aliphatic heterocycles. The molecule has 13 rings (SSSR count). The summed E-state index contributed by atoms with van der Waals surface area (Å²) in [4.78, 5) is 2.45. The molecule has 3 nitrogen and oxygen atoms in total. The third-order valence-corrected chi connectivity index (χ3v) is 13.2. The molecule has 3 heteroatoms. The number of hydrogen-bond acceptors (Lipinski definition) is 2. The van der Waals surface area contributed by atoms with Crippen molar-refractivity contribution in [3.8, 4) is 39.1 Å². The molecule has 13 aromatic rings. The first-order valence-electron chi connectivity index (χ1n) is 22.3. The van der Waals surface area contributed by atoms with E-state index >= 15 is 0 Å². The van der Waals surface area contributed by atoms with Gasteiger partial charge in [0.1, 0.15) is 11.2 Å². The summed E-state index contributed by atoms with van der Waals surface area (Å²) < 4.78 is 9.32. The molecule has 2 aromatic heterocycles. The number of hydrogen-bond donors (Lipinski definition) is 0. The van der Waals surface area contributed by atoms with Crippen molar-refractivity contribution in [1.82, 2.24) is 4.57 Å². The molecule has 0 fully saturated rings. The first kappa shape index (κ1) is 36.9. The number of nitrogens with zero attached hydrogens (tertiary/aromatic N) is 2. The fraction of sp³-hybridized carbons (Fsp3) is 0. The molecule has 0 radical (unpaired) electrons. The Morgan fingerprint density at radius 1 is 0.323 bits per heavy atom. The zero-order valence-corrected chi connectivity index (χ0v) is 35.4. The maximum atomic E-state index is 6.87. The van der Waals surface area contributed by atoms with E-state index in [1.807, 2.05) is 0 Å². The highest BCUT2D eigenvalue weighted by Crippen LogP contribution is 2.49. The normalized spacial score (nSPS) is 11.7. The SMILES string of the molecule is c1ccc(-c2ccc(N(c3ccc(-c4ccc(-c5cccc6ccccc56)cc4)cc3)c3cccc4c3c3ccccc3n4-c3cccc4ccccc34)c3c2oc2ccccc23)cc1. The minimum Gasteiger partial charge on any atom is -0.455 e. The number of para-hydroxylation sites is 2. The predicted octanol–water partition coefficient (Wildman–Crippen LogP) is 17.5. The lowest BCUT2D eigenvalue weighted by Crippen LogP contribution is -2.11. The molecular weight excluding hydrogens is 789 g/mol. The maximum Gasteiger partial charge on any atom is 0.145 e. The van der Waals surface area contributed by atoms with Gasteiger partial charge < -0.3 is 13.9 Å². The minimum atomic E-state index is 0.861. The molecule has 0 N–H and O–H groups in total. The third kappa shape index (κ3) is 5.97. The van der Waals surface area contributed by atoms with E-state index in [4.69, 9.17) is 4.42 Å². The van der Waals surface area contributed by atoms with Gasteiger partial charge in [-0.15, -0.1) is 0 Å². The molecule has 2 heterocycles. The Morgan fingerprint density at radius 3 is 1.68 bits per heavy atom. The van der Waals surface area contributed by atoms with Crippen LogP contribution in [-0.4, -0.2) is 4.57 Å². The van der Waals surface area contributed by atoms with Crippen LogP contribution >= 0.6 is 0 Å². The predicted molar refractivity (Wildman–Crippen MR) is 274 cm³/mol. The second-order valence-corrected chi connectivity index (χ2v) is 16.8. The van der Waals surface area contributed by atoms with Crippen LogP contribution in [0, 0.1) is 0 Å². The van der Waals surface area contributed by atoms with Crippen molar-refractivity contribution < 1.29 is 4.42 Å². The molecule has 0 amide bonds. The monoisotopic (exact) mass is 828 g/mol. The molecule has 0 aliphatic carbocycles. The summed E-state index contributed by atoms with van der Waals surface area (Å²) in [6, 6.07) is 87.6. The van der Waals surface area contributed by atoms with Crippen LogP contribution in [0.1, 0.15) is 0 Å². The van der Waals surface area contributed by atoms with Gasteiger partial charge in [-0.05, 0) is 98.6 Å². The first-order valence-corrected chi connectivity index (χ1v) is 22.3. The zero-order chi connectivity index (χ0) is 42.8. The van der Waals surface area contributed by atoms with Crippen molar-refractivity contribution in [1.29, 1.82) is 0 Å². The molecule has 0 aliphatic rings. The second-order valence-electron chi connectivity index (χ2n) is 16.8. The van der Waals surface area contributed by atoms with Crippen LogP contribution in [0.25, 0.3) is 104 Å². The Hall–Kier alpha value is -8.66. The van der Waals surface area contributed by atoms with Crippen LogP contribution in [0.3, 0.4) is 0 Å². The van der Waals surface area contributed by atoms with Crippen LogP contribution in [0.5, 0.6) is 0 Å². The zero-order valence-electron chi connectivity index (χ0n) is 35.4. The second kappa shape index (κ2) is 15.0. The van der Waals surface area contributed by atoms with E-state index in [9.17, 15) is 0 Å². The molecule has 0 saturated heterocycles. The molecule has 0 atom stereocenters. The van der Waals surface area contributed by atoms with Crippen LogP contribution in [0.15, 0.2) is 247 Å². The van der Waals surface area contributed by atoms with Crippen molar-refractivity contribution in [2.24, 2.45) is 0 Å². The van der Waals surface area contributed by atoms with E-state index < -0.39 is 0 Å². The Bertz CT molecular complexity index is 3920. The highest BCUT2D eigenvalue weighted by atomic mass is 16.3. The molecule has 65 heavy (non-hydrogen) atoms. The number of anilines is 3. The standard InChI is InChI=1S/C62H40N2O/c1-2-15-45(16-3-1)51-39-40-58(61-53-24-9-11-30-59(53)65-62(51)61)63(47-37-35-42(36-38-47)41-31-33-46(34-32-41)49-25-12-19-43-17-4-6-21-48(43)49)56-28-14-29-57-60(56)52-23-8-10-26-55(52)64(57)54-27-13-20-44-18-5-7-22-50(44)54/h1-40H. The van der Waals surface area contributed by atoms with E-state index in [0.29, 0.717) is 0 Å². The quantitative estimate of drug-likeness (QED) is 0.160. The van der Waals surface area contributed by atoms with Crippen LogP contribution in [0.4, 0.5) is 17.1 Å². The summed E-state index contributed by atoms with van der Waals surface area (Å²) in [5.74, 6) is 0. The molecule has 0 saturated carbocycles. The van der Waals surface area contributed by atoms with Crippen LogP contribution in [-0.2, 0) is 0 Å². The molecule has 11 aromatic carbocycles. The van der Waals surface area contributed by atoms with Gasteiger partial charge in [0.2, 0.25) is 0 Å². The van der Waals surface area contributed by atoms with E-state index in [1.54, 1.807) is 0 Å². The van der Waals surface area contributed by atoms with E-state index in [0.717, 1.165) is 72.4 Å². The van der Waals surface area contributed by atoms with E-state index in [2.05, 4.69) is 252 Å². The molecular formula is C62H40N2O. The molecule has 0 spiro atoms. The minimum absolute atomic E-state index is 0.861. The fourth-order valence-electron chi connectivity index (χ4n) is 10.2. The maximum absolute atomic E-state index is 6.87. The lowest BCUT2D eigenvalue weighted by atomic mass is 9.96. The van der Waals surface area contributed by atoms with Gasteiger partial charge in [-0.3, -0.25) is 0 Å². The average molecular weight is 829 g/mol. The van der Waals surface area contributed by atoms with Gasteiger partial charge in [0.25, 0.3) is 0 Å². The van der Waals surface area contributed by atoms with E-state index in [-0.39, 0.29) is 0 Å². The van der Waals surface area contributed by atoms with Gasteiger partial charge >= 0.3 is 0 Å². The molecule has 0 unspecified atom stereocenters. The van der Waals surface area contributed by atoms with Crippen molar-refractivity contribution in [3.63, 3.8) is 0 Å². The lowest BCUT2D eigenvalue weighted by Gasteiger charge is -2.28. The van der Waals surface area contributed by atoms with Crippen LogP contribution in [0.2, 0.25) is 0 Å². The Balaban J connectivity index is 1.03. The number of rotatable bonds is 7.